The van der Waals surface area contributed by atoms with Crippen LogP contribution in [0.2, 0.25) is 0 Å². The topological polar surface area (TPSA) is 72.8 Å². The Morgan fingerprint density at radius 3 is 0.885 bits per heavy atom. The van der Waals surface area contributed by atoms with E-state index >= 15 is 0 Å². The smallest absolute Gasteiger partial charge is 0.305 e. The highest BCUT2D eigenvalue weighted by molar-refractivity contribution is 5.69. The quantitative estimate of drug-likeness (QED) is 0.0384. The van der Waals surface area contributed by atoms with E-state index in [1.54, 1.807) is 0 Å². The largest absolute Gasteiger partial charge is 0.463 e. The van der Waals surface area contributed by atoms with Gasteiger partial charge in [0.05, 0.1) is 0 Å². The van der Waals surface area contributed by atoms with E-state index in [-0.39, 0.29) is 25.2 Å². The van der Waals surface area contributed by atoms with Gasteiger partial charge >= 0.3 is 11.9 Å². The molecule has 0 fully saturated rings. The van der Waals surface area contributed by atoms with Crippen molar-refractivity contribution in [3.63, 3.8) is 0 Å². The number of allylic oxidation sites excluding steroid dienone is 4. The molecule has 306 valence electrons. The fourth-order valence-corrected chi connectivity index (χ4v) is 6.67. The minimum Gasteiger partial charge on any atom is -0.463 e. The van der Waals surface area contributed by atoms with Gasteiger partial charge in [0.2, 0.25) is 0 Å². The molecule has 52 heavy (non-hydrogen) atoms. The summed E-state index contributed by atoms with van der Waals surface area (Å²) in [4.78, 5) is 24.0. The third kappa shape index (κ3) is 42.8. The van der Waals surface area contributed by atoms with E-state index in [0.717, 1.165) is 38.5 Å². The molecule has 1 unspecified atom stereocenters. The number of rotatable bonds is 42. The summed E-state index contributed by atoms with van der Waals surface area (Å²) in [6.07, 6.45) is 52.4. The van der Waals surface area contributed by atoms with E-state index in [1.807, 2.05) is 0 Å². The molecule has 0 aromatic carbocycles. The van der Waals surface area contributed by atoms with Gasteiger partial charge in [0.1, 0.15) is 19.3 Å². The Hall–Kier alpha value is -1.62. The van der Waals surface area contributed by atoms with E-state index in [4.69, 9.17) is 9.47 Å². The van der Waals surface area contributed by atoms with E-state index in [9.17, 15) is 14.7 Å². The molecular formula is C47H88O5. The van der Waals surface area contributed by atoms with Gasteiger partial charge in [0.15, 0.2) is 0 Å². The van der Waals surface area contributed by atoms with Crippen LogP contribution in [0.4, 0.5) is 0 Å². The number of carbonyl (C=O) groups is 2. The fraction of sp³-hybridized carbons (Fsp3) is 0.872. The Morgan fingerprint density at radius 1 is 0.385 bits per heavy atom. The van der Waals surface area contributed by atoms with Crippen molar-refractivity contribution in [1.82, 2.24) is 0 Å². The highest BCUT2D eigenvalue weighted by atomic mass is 16.6. The number of carbonyl (C=O) groups excluding carboxylic acids is 2. The van der Waals surface area contributed by atoms with E-state index in [0.29, 0.717) is 12.8 Å². The van der Waals surface area contributed by atoms with Gasteiger partial charge in [-0.05, 0) is 64.2 Å². The molecule has 0 saturated carbocycles. The third-order valence-corrected chi connectivity index (χ3v) is 10.2. The summed E-state index contributed by atoms with van der Waals surface area (Å²) in [5.74, 6) is -0.560. The number of esters is 2. The number of aliphatic hydroxyl groups is 1. The molecule has 0 amide bonds. The maximum atomic E-state index is 12.0. The van der Waals surface area contributed by atoms with Crippen molar-refractivity contribution in [2.75, 3.05) is 13.2 Å². The monoisotopic (exact) mass is 733 g/mol. The van der Waals surface area contributed by atoms with E-state index < -0.39 is 6.10 Å². The van der Waals surface area contributed by atoms with Crippen LogP contribution in [-0.2, 0) is 19.1 Å². The number of hydrogen-bond donors (Lipinski definition) is 1. The first kappa shape index (κ1) is 50.4. The maximum Gasteiger partial charge on any atom is 0.305 e. The first-order valence-corrected chi connectivity index (χ1v) is 22.9. The Kier molecular flexibility index (Phi) is 42.4. The third-order valence-electron chi connectivity index (χ3n) is 10.2. The minimum atomic E-state index is -0.963. The second-order valence-corrected chi connectivity index (χ2v) is 15.5. The molecule has 0 heterocycles. The molecule has 0 aliphatic rings. The lowest BCUT2D eigenvalue weighted by molar-refractivity contribution is -0.152. The number of ether oxygens (including phenoxy) is 2. The number of hydrogen-bond acceptors (Lipinski definition) is 5. The summed E-state index contributed by atoms with van der Waals surface area (Å²) < 4.78 is 10.4. The zero-order valence-electron chi connectivity index (χ0n) is 34.8. The van der Waals surface area contributed by atoms with Gasteiger partial charge in [-0.3, -0.25) is 9.59 Å². The molecule has 0 bridgehead atoms. The number of aliphatic hydroxyl groups excluding tert-OH is 1. The molecule has 0 aromatic heterocycles. The summed E-state index contributed by atoms with van der Waals surface area (Å²) in [7, 11) is 0. The fourth-order valence-electron chi connectivity index (χ4n) is 6.67. The number of unbranched alkanes of at least 4 members (excludes halogenated alkanes) is 30. The molecule has 0 aliphatic carbocycles. The maximum absolute atomic E-state index is 12.0. The van der Waals surface area contributed by atoms with Crippen LogP contribution in [0.25, 0.3) is 0 Å². The summed E-state index contributed by atoms with van der Waals surface area (Å²) in [5.41, 5.74) is 0. The van der Waals surface area contributed by atoms with Crippen LogP contribution in [0, 0.1) is 0 Å². The standard InChI is InChI=1S/C47H88O5/c1-3-5-7-9-11-13-15-17-19-21-23-25-27-29-31-33-35-37-39-41-46(49)51-43-45(48)44-52-47(50)42-40-38-36-34-32-30-28-26-24-22-20-18-16-14-12-10-8-6-4-2/h17-20,45,48H,3-16,21-44H2,1-2H3/b19-17-,20-18?. The van der Waals surface area contributed by atoms with Crippen LogP contribution in [0.15, 0.2) is 24.3 Å². The molecule has 0 spiro atoms. The lowest BCUT2D eigenvalue weighted by Gasteiger charge is -2.12. The van der Waals surface area contributed by atoms with Gasteiger partial charge in [-0.25, -0.2) is 0 Å². The predicted molar refractivity (Wildman–Crippen MR) is 224 cm³/mol. The molecule has 5 nitrogen and oxygen atoms in total. The van der Waals surface area contributed by atoms with Crippen molar-refractivity contribution >= 4 is 11.9 Å². The van der Waals surface area contributed by atoms with Crippen LogP contribution in [0.5, 0.6) is 0 Å². The predicted octanol–water partition coefficient (Wildman–Crippen LogP) is 14.6. The second-order valence-electron chi connectivity index (χ2n) is 15.5. The van der Waals surface area contributed by atoms with Crippen molar-refractivity contribution in [1.29, 1.82) is 0 Å². The molecule has 0 radical (unpaired) electrons. The van der Waals surface area contributed by atoms with Gasteiger partial charge in [0.25, 0.3) is 0 Å². The van der Waals surface area contributed by atoms with Crippen molar-refractivity contribution in [3.8, 4) is 0 Å². The van der Waals surface area contributed by atoms with Crippen LogP contribution < -0.4 is 0 Å². The molecule has 1 N–H and O–H groups in total. The first-order chi connectivity index (χ1) is 25.6. The molecule has 0 aromatic rings. The van der Waals surface area contributed by atoms with Gasteiger partial charge in [-0.2, -0.15) is 0 Å². The highest BCUT2D eigenvalue weighted by Crippen LogP contribution is 2.14. The van der Waals surface area contributed by atoms with Crippen molar-refractivity contribution in [2.24, 2.45) is 0 Å². The Balaban J connectivity index is 3.39. The van der Waals surface area contributed by atoms with Crippen molar-refractivity contribution in [2.45, 2.75) is 251 Å². The van der Waals surface area contributed by atoms with Gasteiger partial charge in [0, 0.05) is 12.8 Å². The van der Waals surface area contributed by atoms with Crippen molar-refractivity contribution in [3.05, 3.63) is 24.3 Å². The lowest BCUT2D eigenvalue weighted by Crippen LogP contribution is -2.25. The molecule has 1 atom stereocenters. The summed E-state index contributed by atoms with van der Waals surface area (Å²) in [6.45, 7) is 4.32. The van der Waals surface area contributed by atoms with Crippen molar-refractivity contribution < 1.29 is 24.2 Å². The van der Waals surface area contributed by atoms with E-state index in [1.165, 1.54) is 180 Å². The highest BCUT2D eigenvalue weighted by Gasteiger charge is 2.12. The summed E-state index contributed by atoms with van der Waals surface area (Å²) in [5, 5.41) is 10.1. The van der Waals surface area contributed by atoms with Gasteiger partial charge < -0.3 is 14.6 Å². The zero-order chi connectivity index (χ0) is 37.8. The molecule has 5 heteroatoms. The molecule has 0 saturated heterocycles. The van der Waals surface area contributed by atoms with Crippen LogP contribution in [0.3, 0.4) is 0 Å². The molecular weight excluding hydrogens is 645 g/mol. The molecule has 0 aliphatic heterocycles. The van der Waals surface area contributed by atoms with Crippen LogP contribution in [-0.4, -0.2) is 36.4 Å². The Labute approximate surface area is 323 Å². The Bertz CT molecular complexity index is 727. The average molecular weight is 733 g/mol. The average Bonchev–Trinajstić information content (AvgIpc) is 3.15. The van der Waals surface area contributed by atoms with Gasteiger partial charge in [-0.1, -0.05) is 192 Å². The Morgan fingerprint density at radius 2 is 0.615 bits per heavy atom. The minimum absolute atomic E-state index is 0.114. The van der Waals surface area contributed by atoms with Crippen LogP contribution >= 0.6 is 0 Å². The van der Waals surface area contributed by atoms with E-state index in [2.05, 4.69) is 38.2 Å². The van der Waals surface area contributed by atoms with Crippen LogP contribution in [0.1, 0.15) is 245 Å². The normalized spacial score (nSPS) is 12.3. The summed E-state index contributed by atoms with van der Waals surface area (Å²) >= 11 is 0. The van der Waals surface area contributed by atoms with Gasteiger partial charge in [-0.15, -0.1) is 0 Å². The lowest BCUT2D eigenvalue weighted by atomic mass is 10.1. The SMILES string of the molecule is CCCCCCCCC=CCCCCCCCCCCCC(=O)OCC(O)COC(=O)CCCCCCCCCCC/C=C\CCCCCCCC. The summed E-state index contributed by atoms with van der Waals surface area (Å²) in [6, 6.07) is 0. The first-order valence-electron chi connectivity index (χ1n) is 22.9. The zero-order valence-corrected chi connectivity index (χ0v) is 34.8. The second kappa shape index (κ2) is 43.8. The molecule has 0 rings (SSSR count).